The van der Waals surface area contributed by atoms with E-state index in [0.29, 0.717) is 19.8 Å². The third kappa shape index (κ3) is 1.46. The molecule has 0 aromatic heterocycles. The van der Waals surface area contributed by atoms with Gasteiger partial charge in [-0.1, -0.05) is 0 Å². The minimum absolute atomic E-state index is 0.311. The molecule has 0 unspecified atom stereocenters. The van der Waals surface area contributed by atoms with Gasteiger partial charge in [0.2, 0.25) is 0 Å². The Kier molecular flexibility index (Phi) is 2.24. The Bertz CT molecular complexity index is 137. The van der Waals surface area contributed by atoms with E-state index in [1.54, 1.807) is 11.9 Å². The number of aliphatic carboxylic acids is 1. The third-order valence-corrected chi connectivity index (χ3v) is 1.68. The quantitative estimate of drug-likeness (QED) is 0.535. The van der Waals surface area contributed by atoms with E-state index >= 15 is 0 Å². The summed E-state index contributed by atoms with van der Waals surface area (Å²) in [5.41, 5.74) is 0. The zero-order chi connectivity index (χ0) is 7.56. The molecule has 0 bridgehead atoms. The number of hydrogen-bond acceptors (Lipinski definition) is 3. The van der Waals surface area contributed by atoms with E-state index in [4.69, 9.17) is 9.84 Å². The van der Waals surface area contributed by atoms with Gasteiger partial charge >= 0.3 is 5.97 Å². The number of morpholine rings is 1. The Labute approximate surface area is 59.4 Å². The van der Waals surface area contributed by atoms with E-state index in [0.717, 1.165) is 0 Å². The van der Waals surface area contributed by atoms with Crippen LogP contribution in [0.15, 0.2) is 0 Å². The van der Waals surface area contributed by atoms with Gasteiger partial charge in [-0.3, -0.25) is 9.69 Å². The van der Waals surface area contributed by atoms with Gasteiger partial charge in [-0.05, 0) is 7.05 Å². The maximum Gasteiger partial charge on any atom is 0.323 e. The standard InChI is InChI=1S/C6H11NO3/c1-7-2-3-10-4-5(7)6(8)9/h5H,2-4H2,1H3,(H,8,9)/t5-/m0/s1. The van der Waals surface area contributed by atoms with Gasteiger partial charge in [0, 0.05) is 6.54 Å². The fourth-order valence-corrected chi connectivity index (χ4v) is 0.946. The highest BCUT2D eigenvalue weighted by molar-refractivity contribution is 5.73. The maximum absolute atomic E-state index is 10.4. The number of carboxylic acids is 1. The van der Waals surface area contributed by atoms with Crippen LogP contribution in [0.4, 0.5) is 0 Å². The summed E-state index contributed by atoms with van der Waals surface area (Å²) in [6.07, 6.45) is 0. The first-order valence-corrected chi connectivity index (χ1v) is 3.22. The van der Waals surface area contributed by atoms with Crippen LogP contribution < -0.4 is 0 Å². The first-order chi connectivity index (χ1) is 4.72. The number of hydrogen-bond donors (Lipinski definition) is 1. The van der Waals surface area contributed by atoms with Gasteiger partial charge in [-0.25, -0.2) is 0 Å². The Morgan fingerprint density at radius 2 is 2.50 bits per heavy atom. The smallest absolute Gasteiger partial charge is 0.323 e. The average molecular weight is 145 g/mol. The topological polar surface area (TPSA) is 49.8 Å². The molecular weight excluding hydrogens is 134 g/mol. The summed E-state index contributed by atoms with van der Waals surface area (Å²) in [4.78, 5) is 12.2. The van der Waals surface area contributed by atoms with Crippen LogP contribution in [-0.2, 0) is 9.53 Å². The molecule has 0 radical (unpaired) electrons. The normalized spacial score (nSPS) is 28.3. The number of likely N-dealkylation sites (N-methyl/N-ethyl adjacent to an activating group) is 1. The van der Waals surface area contributed by atoms with Gasteiger partial charge in [0.05, 0.1) is 13.2 Å². The van der Waals surface area contributed by atoms with Crippen molar-refractivity contribution >= 4 is 5.97 Å². The van der Waals surface area contributed by atoms with Crippen LogP contribution in [-0.4, -0.2) is 48.8 Å². The Balaban J connectivity index is 2.47. The number of carboxylic acid groups (broad SMARTS) is 1. The first kappa shape index (κ1) is 7.50. The van der Waals surface area contributed by atoms with Crippen molar-refractivity contribution in [2.75, 3.05) is 26.8 Å². The second-order valence-electron chi connectivity index (χ2n) is 2.41. The second kappa shape index (κ2) is 2.98. The molecule has 1 heterocycles. The molecule has 1 fully saturated rings. The molecule has 1 N–H and O–H groups in total. The molecule has 0 aliphatic carbocycles. The van der Waals surface area contributed by atoms with E-state index in [1.807, 2.05) is 0 Å². The number of rotatable bonds is 1. The number of carbonyl (C=O) groups is 1. The second-order valence-corrected chi connectivity index (χ2v) is 2.41. The van der Waals surface area contributed by atoms with Crippen molar-refractivity contribution in [1.29, 1.82) is 0 Å². The van der Waals surface area contributed by atoms with Crippen molar-refractivity contribution in [1.82, 2.24) is 4.90 Å². The van der Waals surface area contributed by atoms with Gasteiger partial charge in [-0.15, -0.1) is 0 Å². The summed E-state index contributed by atoms with van der Waals surface area (Å²) in [6.45, 7) is 1.66. The van der Waals surface area contributed by atoms with Crippen molar-refractivity contribution in [3.8, 4) is 0 Å². The molecule has 1 rings (SSSR count). The molecule has 4 heteroatoms. The fourth-order valence-electron chi connectivity index (χ4n) is 0.946. The molecule has 1 aliphatic heterocycles. The number of ether oxygens (including phenoxy) is 1. The highest BCUT2D eigenvalue weighted by atomic mass is 16.5. The van der Waals surface area contributed by atoms with Gasteiger partial charge < -0.3 is 9.84 Å². The molecule has 0 spiro atoms. The zero-order valence-electron chi connectivity index (χ0n) is 5.91. The highest BCUT2D eigenvalue weighted by Gasteiger charge is 2.25. The minimum Gasteiger partial charge on any atom is -0.480 e. The first-order valence-electron chi connectivity index (χ1n) is 3.22. The van der Waals surface area contributed by atoms with E-state index in [1.165, 1.54) is 0 Å². The van der Waals surface area contributed by atoms with Gasteiger partial charge in [0.15, 0.2) is 0 Å². The summed E-state index contributed by atoms with van der Waals surface area (Å²) in [5.74, 6) is -0.804. The molecule has 0 saturated carbocycles. The molecule has 0 amide bonds. The van der Waals surface area contributed by atoms with E-state index < -0.39 is 12.0 Å². The Morgan fingerprint density at radius 1 is 1.80 bits per heavy atom. The summed E-state index contributed by atoms with van der Waals surface area (Å²) >= 11 is 0. The van der Waals surface area contributed by atoms with Gasteiger partial charge in [0.1, 0.15) is 6.04 Å². The predicted molar refractivity (Wildman–Crippen MR) is 34.9 cm³/mol. The van der Waals surface area contributed by atoms with E-state index in [-0.39, 0.29) is 0 Å². The molecule has 0 aromatic carbocycles. The lowest BCUT2D eigenvalue weighted by atomic mass is 10.2. The lowest BCUT2D eigenvalue weighted by Gasteiger charge is -2.28. The average Bonchev–Trinajstić information content (AvgIpc) is 1.88. The molecule has 1 aliphatic rings. The molecule has 58 valence electrons. The fraction of sp³-hybridized carbons (Fsp3) is 0.833. The monoisotopic (exact) mass is 145 g/mol. The summed E-state index contributed by atoms with van der Waals surface area (Å²) < 4.78 is 4.99. The van der Waals surface area contributed by atoms with Crippen molar-refractivity contribution < 1.29 is 14.6 Å². The van der Waals surface area contributed by atoms with Crippen molar-refractivity contribution in [3.63, 3.8) is 0 Å². The van der Waals surface area contributed by atoms with Crippen LogP contribution in [0.25, 0.3) is 0 Å². The highest BCUT2D eigenvalue weighted by Crippen LogP contribution is 2.02. The molecule has 1 atom stereocenters. The van der Waals surface area contributed by atoms with Crippen molar-refractivity contribution in [2.24, 2.45) is 0 Å². The maximum atomic E-state index is 10.4. The van der Waals surface area contributed by atoms with Crippen LogP contribution in [0.2, 0.25) is 0 Å². The summed E-state index contributed by atoms with van der Waals surface area (Å²) in [6, 6.07) is -0.450. The lowest BCUT2D eigenvalue weighted by molar-refractivity contribution is -0.148. The molecular formula is C6H11NO3. The largest absolute Gasteiger partial charge is 0.480 e. The zero-order valence-corrected chi connectivity index (χ0v) is 5.91. The number of nitrogens with zero attached hydrogens (tertiary/aromatic N) is 1. The van der Waals surface area contributed by atoms with Crippen LogP contribution in [0, 0.1) is 0 Å². The minimum atomic E-state index is -0.804. The summed E-state index contributed by atoms with van der Waals surface area (Å²) in [7, 11) is 1.79. The van der Waals surface area contributed by atoms with E-state index in [9.17, 15) is 4.79 Å². The van der Waals surface area contributed by atoms with Gasteiger partial charge in [-0.2, -0.15) is 0 Å². The van der Waals surface area contributed by atoms with Crippen LogP contribution in [0.1, 0.15) is 0 Å². The van der Waals surface area contributed by atoms with E-state index in [2.05, 4.69) is 0 Å². The molecule has 1 saturated heterocycles. The van der Waals surface area contributed by atoms with Crippen LogP contribution in [0.3, 0.4) is 0 Å². The molecule has 4 nitrogen and oxygen atoms in total. The van der Waals surface area contributed by atoms with Crippen molar-refractivity contribution in [2.45, 2.75) is 6.04 Å². The summed E-state index contributed by atoms with van der Waals surface area (Å²) in [5, 5.41) is 8.59. The third-order valence-electron chi connectivity index (χ3n) is 1.68. The molecule has 10 heavy (non-hydrogen) atoms. The molecule has 0 aromatic rings. The SMILES string of the molecule is CN1CCOC[C@H]1C(=O)O. The predicted octanol–water partition coefficient (Wildman–Crippen LogP) is -0.598. The van der Waals surface area contributed by atoms with Gasteiger partial charge in [0.25, 0.3) is 0 Å². The Hall–Kier alpha value is -0.610. The van der Waals surface area contributed by atoms with Crippen LogP contribution in [0.5, 0.6) is 0 Å². The van der Waals surface area contributed by atoms with Crippen LogP contribution >= 0.6 is 0 Å². The Morgan fingerprint density at radius 3 is 2.90 bits per heavy atom. The lowest BCUT2D eigenvalue weighted by Crippen LogP contribution is -2.47. The van der Waals surface area contributed by atoms with Crippen molar-refractivity contribution in [3.05, 3.63) is 0 Å².